The SMILES string of the molecule is CC(C)NCc1csc(S(=O)(=O)N(C)Cc2ccoc2)c1. The molecule has 0 bridgehead atoms. The van der Waals surface area contributed by atoms with Crippen molar-refractivity contribution in [3.63, 3.8) is 0 Å². The Balaban J connectivity index is 2.08. The van der Waals surface area contributed by atoms with E-state index in [1.54, 1.807) is 25.4 Å². The molecule has 1 N–H and O–H groups in total. The zero-order valence-electron chi connectivity index (χ0n) is 12.4. The Morgan fingerprint density at radius 1 is 1.38 bits per heavy atom. The fourth-order valence-corrected chi connectivity index (χ4v) is 4.36. The highest BCUT2D eigenvalue weighted by Gasteiger charge is 2.23. The molecule has 0 unspecified atom stereocenters. The van der Waals surface area contributed by atoms with Gasteiger partial charge in [-0.05, 0) is 23.1 Å². The molecule has 21 heavy (non-hydrogen) atoms. The Morgan fingerprint density at radius 2 is 2.14 bits per heavy atom. The third kappa shape index (κ3) is 4.16. The lowest BCUT2D eigenvalue weighted by molar-refractivity contribution is 0.465. The number of rotatable bonds is 7. The van der Waals surface area contributed by atoms with E-state index >= 15 is 0 Å². The fourth-order valence-electron chi connectivity index (χ4n) is 1.78. The molecule has 0 radical (unpaired) electrons. The summed E-state index contributed by atoms with van der Waals surface area (Å²) in [7, 11) is -1.87. The van der Waals surface area contributed by atoms with Crippen LogP contribution < -0.4 is 5.32 Å². The predicted octanol–water partition coefficient (Wildman–Crippen LogP) is 2.66. The maximum absolute atomic E-state index is 12.5. The second kappa shape index (κ2) is 6.74. The first-order valence-corrected chi connectivity index (χ1v) is 9.00. The van der Waals surface area contributed by atoms with Gasteiger partial charge in [-0.25, -0.2) is 8.42 Å². The van der Waals surface area contributed by atoms with Crippen LogP contribution in [0.1, 0.15) is 25.0 Å². The van der Waals surface area contributed by atoms with Gasteiger partial charge in [0.15, 0.2) is 0 Å². The molecule has 7 heteroatoms. The molecule has 0 aromatic carbocycles. The minimum atomic E-state index is -3.45. The summed E-state index contributed by atoms with van der Waals surface area (Å²) in [6.07, 6.45) is 3.09. The van der Waals surface area contributed by atoms with Crippen LogP contribution in [0.15, 0.2) is 38.7 Å². The molecule has 0 saturated carbocycles. The Hall–Kier alpha value is -1.15. The first-order valence-electron chi connectivity index (χ1n) is 6.68. The van der Waals surface area contributed by atoms with Gasteiger partial charge < -0.3 is 9.73 Å². The van der Waals surface area contributed by atoms with Gasteiger partial charge in [0, 0.05) is 31.7 Å². The lowest BCUT2D eigenvalue weighted by atomic mass is 10.3. The van der Waals surface area contributed by atoms with Crippen molar-refractivity contribution in [2.45, 2.75) is 37.2 Å². The van der Waals surface area contributed by atoms with Gasteiger partial charge in [-0.15, -0.1) is 11.3 Å². The molecule has 2 aromatic rings. The van der Waals surface area contributed by atoms with Crippen LogP contribution in [-0.4, -0.2) is 25.8 Å². The van der Waals surface area contributed by atoms with Gasteiger partial charge >= 0.3 is 0 Å². The average molecular weight is 328 g/mol. The standard InChI is InChI=1S/C14H20N2O3S2/c1-11(2)15-7-13-6-14(20-10-13)21(17,18)16(3)8-12-4-5-19-9-12/h4-6,9-11,15H,7-8H2,1-3H3. The summed E-state index contributed by atoms with van der Waals surface area (Å²) in [5.74, 6) is 0. The van der Waals surface area contributed by atoms with Crippen molar-refractivity contribution in [1.82, 2.24) is 9.62 Å². The molecule has 0 amide bonds. The van der Waals surface area contributed by atoms with Crippen molar-refractivity contribution in [3.05, 3.63) is 41.2 Å². The second-order valence-electron chi connectivity index (χ2n) is 5.20. The lowest BCUT2D eigenvalue weighted by Gasteiger charge is -2.14. The summed E-state index contributed by atoms with van der Waals surface area (Å²) >= 11 is 1.26. The summed E-state index contributed by atoms with van der Waals surface area (Å²) in [6, 6.07) is 3.87. The largest absolute Gasteiger partial charge is 0.472 e. The Morgan fingerprint density at radius 3 is 2.76 bits per heavy atom. The van der Waals surface area contributed by atoms with Crippen LogP contribution in [0.25, 0.3) is 0 Å². The maximum atomic E-state index is 12.5. The number of hydrogen-bond acceptors (Lipinski definition) is 5. The zero-order valence-corrected chi connectivity index (χ0v) is 14.0. The fraction of sp³-hybridized carbons (Fsp3) is 0.429. The van der Waals surface area contributed by atoms with Gasteiger partial charge in [0.2, 0.25) is 0 Å². The molecule has 0 atom stereocenters. The number of hydrogen-bond donors (Lipinski definition) is 1. The topological polar surface area (TPSA) is 62.6 Å². The third-order valence-corrected chi connectivity index (χ3v) is 6.26. The average Bonchev–Trinajstić information content (AvgIpc) is 3.07. The molecule has 0 fully saturated rings. The van der Waals surface area contributed by atoms with Gasteiger partial charge in [-0.1, -0.05) is 13.8 Å². The van der Waals surface area contributed by atoms with Crippen LogP contribution >= 0.6 is 11.3 Å². The van der Waals surface area contributed by atoms with E-state index in [2.05, 4.69) is 19.2 Å². The Kier molecular flexibility index (Phi) is 5.21. The number of nitrogens with zero attached hydrogens (tertiary/aromatic N) is 1. The van der Waals surface area contributed by atoms with Crippen LogP contribution in [-0.2, 0) is 23.1 Å². The third-order valence-electron chi connectivity index (χ3n) is 2.99. The highest BCUT2D eigenvalue weighted by molar-refractivity contribution is 7.91. The molecule has 0 aliphatic heterocycles. The molecule has 0 aliphatic carbocycles. The van der Waals surface area contributed by atoms with Crippen molar-refractivity contribution >= 4 is 21.4 Å². The lowest BCUT2D eigenvalue weighted by Crippen LogP contribution is -2.25. The van der Waals surface area contributed by atoms with Crippen LogP contribution in [0.2, 0.25) is 0 Å². The molecule has 0 saturated heterocycles. The highest BCUT2D eigenvalue weighted by Crippen LogP contribution is 2.24. The molecule has 116 valence electrons. The van der Waals surface area contributed by atoms with E-state index in [1.807, 2.05) is 5.38 Å². The first-order chi connectivity index (χ1) is 9.89. The van der Waals surface area contributed by atoms with Crippen molar-refractivity contribution < 1.29 is 12.8 Å². The van der Waals surface area contributed by atoms with Crippen molar-refractivity contribution in [3.8, 4) is 0 Å². The first kappa shape index (κ1) is 16.2. The van der Waals surface area contributed by atoms with E-state index in [9.17, 15) is 8.42 Å². The summed E-state index contributed by atoms with van der Waals surface area (Å²) < 4.78 is 31.7. The second-order valence-corrected chi connectivity index (χ2v) is 8.39. The number of thiophene rings is 1. The predicted molar refractivity (Wildman–Crippen MR) is 83.7 cm³/mol. The maximum Gasteiger partial charge on any atom is 0.252 e. The van der Waals surface area contributed by atoms with E-state index in [1.165, 1.54) is 21.9 Å². The summed E-state index contributed by atoms with van der Waals surface area (Å²) in [5, 5.41) is 5.16. The summed E-state index contributed by atoms with van der Waals surface area (Å²) in [5.41, 5.74) is 1.82. The van der Waals surface area contributed by atoms with Gasteiger partial charge in [0.25, 0.3) is 10.0 Å². The Labute approximate surface area is 129 Å². The van der Waals surface area contributed by atoms with E-state index in [-0.39, 0.29) is 0 Å². The van der Waals surface area contributed by atoms with Crippen LogP contribution in [0.5, 0.6) is 0 Å². The van der Waals surface area contributed by atoms with Crippen molar-refractivity contribution in [1.29, 1.82) is 0 Å². The van der Waals surface area contributed by atoms with Crippen LogP contribution in [0, 0.1) is 0 Å². The number of sulfonamides is 1. The molecule has 2 rings (SSSR count). The van der Waals surface area contributed by atoms with Crippen LogP contribution in [0.3, 0.4) is 0 Å². The minimum Gasteiger partial charge on any atom is -0.472 e. The number of furan rings is 1. The number of nitrogens with one attached hydrogen (secondary N) is 1. The van der Waals surface area contributed by atoms with Gasteiger partial charge in [-0.2, -0.15) is 4.31 Å². The molecule has 5 nitrogen and oxygen atoms in total. The molecule has 2 heterocycles. The van der Waals surface area contributed by atoms with Crippen molar-refractivity contribution in [2.75, 3.05) is 7.05 Å². The molecular formula is C14H20N2O3S2. The van der Waals surface area contributed by atoms with Crippen LogP contribution in [0.4, 0.5) is 0 Å². The normalized spacial score (nSPS) is 12.4. The molecule has 0 spiro atoms. The summed E-state index contributed by atoms with van der Waals surface area (Å²) in [6.45, 7) is 5.09. The highest BCUT2D eigenvalue weighted by atomic mass is 32.2. The molecule has 0 aliphatic rings. The van der Waals surface area contributed by atoms with Gasteiger partial charge in [0.05, 0.1) is 12.5 Å². The van der Waals surface area contributed by atoms with E-state index in [0.717, 1.165) is 11.1 Å². The Bertz CT molecular complexity index is 660. The van der Waals surface area contributed by atoms with E-state index in [0.29, 0.717) is 23.3 Å². The van der Waals surface area contributed by atoms with Gasteiger partial charge in [-0.3, -0.25) is 0 Å². The molecular weight excluding hydrogens is 308 g/mol. The molecule has 2 aromatic heterocycles. The van der Waals surface area contributed by atoms with Crippen molar-refractivity contribution in [2.24, 2.45) is 0 Å². The van der Waals surface area contributed by atoms with Gasteiger partial charge in [0.1, 0.15) is 4.21 Å². The zero-order chi connectivity index (χ0) is 15.5. The monoisotopic (exact) mass is 328 g/mol. The van der Waals surface area contributed by atoms with E-state index in [4.69, 9.17) is 4.42 Å². The smallest absolute Gasteiger partial charge is 0.252 e. The minimum absolute atomic E-state index is 0.302. The summed E-state index contributed by atoms with van der Waals surface area (Å²) in [4.78, 5) is 0. The quantitative estimate of drug-likeness (QED) is 0.849. The van der Waals surface area contributed by atoms with E-state index < -0.39 is 10.0 Å².